The van der Waals surface area contributed by atoms with Crippen molar-refractivity contribution in [2.75, 3.05) is 31.1 Å². The van der Waals surface area contributed by atoms with Gasteiger partial charge in [-0.2, -0.15) is 0 Å². The van der Waals surface area contributed by atoms with Gasteiger partial charge in [0.1, 0.15) is 0 Å². The van der Waals surface area contributed by atoms with E-state index in [0.29, 0.717) is 17.9 Å². The molecular formula is C23H26N6O2. The quantitative estimate of drug-likeness (QED) is 0.641. The van der Waals surface area contributed by atoms with E-state index >= 15 is 0 Å². The second-order valence-corrected chi connectivity index (χ2v) is 8.33. The zero-order valence-corrected chi connectivity index (χ0v) is 17.7. The Morgan fingerprint density at radius 2 is 2.03 bits per heavy atom. The van der Waals surface area contributed by atoms with Gasteiger partial charge in [0.25, 0.3) is 5.91 Å². The van der Waals surface area contributed by atoms with Crippen molar-refractivity contribution in [3.63, 3.8) is 0 Å². The molecule has 1 unspecified atom stereocenters. The van der Waals surface area contributed by atoms with Crippen LogP contribution in [0.4, 0.5) is 5.95 Å². The van der Waals surface area contributed by atoms with Gasteiger partial charge in [-0.25, -0.2) is 9.97 Å². The SMILES string of the molecule is Cc1cc(-c2cnc(N3CCCC3)nc2C2CCCN(C(=O)c3cccnc3)C2)on1. The lowest BCUT2D eigenvalue weighted by molar-refractivity contribution is 0.0705. The molecule has 0 N–H and O–H groups in total. The Balaban J connectivity index is 1.48. The van der Waals surface area contributed by atoms with Crippen molar-refractivity contribution in [3.8, 4) is 11.3 Å². The Morgan fingerprint density at radius 1 is 1.16 bits per heavy atom. The van der Waals surface area contributed by atoms with Crippen LogP contribution in [0.5, 0.6) is 0 Å². The minimum atomic E-state index is 0.0173. The number of piperidine rings is 1. The zero-order chi connectivity index (χ0) is 21.2. The number of likely N-dealkylation sites (tertiary alicyclic amines) is 1. The minimum Gasteiger partial charge on any atom is -0.356 e. The molecule has 0 bridgehead atoms. The highest BCUT2D eigenvalue weighted by Gasteiger charge is 2.30. The smallest absolute Gasteiger partial charge is 0.255 e. The number of carbonyl (C=O) groups excluding carboxylic acids is 1. The average molecular weight is 419 g/mol. The highest BCUT2D eigenvalue weighted by Crippen LogP contribution is 2.35. The van der Waals surface area contributed by atoms with Gasteiger partial charge in [-0.05, 0) is 44.7 Å². The van der Waals surface area contributed by atoms with Crippen molar-refractivity contribution in [2.24, 2.45) is 0 Å². The summed E-state index contributed by atoms with van der Waals surface area (Å²) in [6, 6.07) is 5.53. The number of hydrogen-bond donors (Lipinski definition) is 0. The van der Waals surface area contributed by atoms with E-state index in [1.54, 1.807) is 18.5 Å². The lowest BCUT2D eigenvalue weighted by Gasteiger charge is -2.33. The van der Waals surface area contributed by atoms with Gasteiger partial charge in [-0.1, -0.05) is 5.16 Å². The van der Waals surface area contributed by atoms with Crippen LogP contribution in [0.3, 0.4) is 0 Å². The Bertz CT molecular complexity index is 1060. The van der Waals surface area contributed by atoms with Gasteiger partial charge < -0.3 is 14.3 Å². The molecule has 3 aromatic heterocycles. The third kappa shape index (κ3) is 4.02. The third-order valence-corrected chi connectivity index (χ3v) is 6.09. The largest absolute Gasteiger partial charge is 0.356 e. The van der Waals surface area contributed by atoms with Gasteiger partial charge >= 0.3 is 0 Å². The summed E-state index contributed by atoms with van der Waals surface area (Å²) >= 11 is 0. The van der Waals surface area contributed by atoms with E-state index in [9.17, 15) is 4.79 Å². The molecule has 2 fully saturated rings. The number of aryl methyl sites for hydroxylation is 1. The van der Waals surface area contributed by atoms with Crippen LogP contribution in [0.25, 0.3) is 11.3 Å². The van der Waals surface area contributed by atoms with Crippen LogP contribution in [0.2, 0.25) is 0 Å². The fourth-order valence-corrected chi connectivity index (χ4v) is 4.50. The summed E-state index contributed by atoms with van der Waals surface area (Å²) in [6.07, 6.45) is 9.39. The summed E-state index contributed by atoms with van der Waals surface area (Å²) in [5.41, 5.74) is 3.25. The first kappa shape index (κ1) is 19.7. The molecule has 0 aliphatic carbocycles. The van der Waals surface area contributed by atoms with E-state index in [-0.39, 0.29) is 11.8 Å². The molecule has 31 heavy (non-hydrogen) atoms. The summed E-state index contributed by atoms with van der Waals surface area (Å²) in [7, 11) is 0. The van der Waals surface area contributed by atoms with Crippen molar-refractivity contribution >= 4 is 11.9 Å². The summed E-state index contributed by atoms with van der Waals surface area (Å²) in [6.45, 7) is 5.23. The number of hydrogen-bond acceptors (Lipinski definition) is 7. The lowest BCUT2D eigenvalue weighted by Crippen LogP contribution is -2.39. The maximum Gasteiger partial charge on any atom is 0.255 e. The number of anilines is 1. The van der Waals surface area contributed by atoms with E-state index in [2.05, 4.69) is 20.0 Å². The maximum absolute atomic E-state index is 13.0. The van der Waals surface area contributed by atoms with Crippen LogP contribution in [0, 0.1) is 6.92 Å². The van der Waals surface area contributed by atoms with Crippen molar-refractivity contribution in [1.82, 2.24) is 25.0 Å². The Morgan fingerprint density at radius 3 is 2.77 bits per heavy atom. The van der Waals surface area contributed by atoms with Gasteiger partial charge in [0.2, 0.25) is 5.95 Å². The standard InChI is InChI=1S/C23H26N6O2/c1-16-12-20(31-27-16)19-14-25-23(28-9-2-3-10-28)26-21(19)18-7-5-11-29(15-18)22(30)17-6-4-8-24-13-17/h4,6,8,12-14,18H,2-3,5,7,9-11,15H2,1H3. The molecule has 0 radical (unpaired) electrons. The molecule has 1 atom stereocenters. The molecule has 5 heterocycles. The fourth-order valence-electron chi connectivity index (χ4n) is 4.50. The normalized spacial score (nSPS) is 19.1. The number of aromatic nitrogens is 4. The highest BCUT2D eigenvalue weighted by molar-refractivity contribution is 5.94. The molecule has 8 heteroatoms. The van der Waals surface area contributed by atoms with E-state index in [1.807, 2.05) is 30.2 Å². The molecule has 2 aliphatic rings. The number of rotatable bonds is 4. The Hall–Kier alpha value is -3.29. The molecule has 0 spiro atoms. The van der Waals surface area contributed by atoms with E-state index < -0.39 is 0 Å². The van der Waals surface area contributed by atoms with Crippen LogP contribution >= 0.6 is 0 Å². The van der Waals surface area contributed by atoms with Gasteiger partial charge in [-0.15, -0.1) is 0 Å². The van der Waals surface area contributed by atoms with E-state index in [4.69, 9.17) is 9.51 Å². The van der Waals surface area contributed by atoms with E-state index in [0.717, 1.165) is 55.4 Å². The molecule has 0 aromatic carbocycles. The summed E-state index contributed by atoms with van der Waals surface area (Å²) in [5.74, 6) is 1.57. The predicted octanol–water partition coefficient (Wildman–Crippen LogP) is 3.46. The predicted molar refractivity (Wildman–Crippen MR) is 116 cm³/mol. The lowest BCUT2D eigenvalue weighted by atomic mass is 9.91. The number of amides is 1. The number of nitrogens with zero attached hydrogens (tertiary/aromatic N) is 6. The minimum absolute atomic E-state index is 0.0173. The fraction of sp³-hybridized carbons (Fsp3) is 0.435. The monoisotopic (exact) mass is 418 g/mol. The molecule has 3 aromatic rings. The molecular weight excluding hydrogens is 392 g/mol. The second-order valence-electron chi connectivity index (χ2n) is 8.33. The van der Waals surface area contributed by atoms with Gasteiger partial charge in [0, 0.05) is 56.8 Å². The van der Waals surface area contributed by atoms with Crippen LogP contribution in [-0.4, -0.2) is 57.1 Å². The highest BCUT2D eigenvalue weighted by atomic mass is 16.5. The summed E-state index contributed by atoms with van der Waals surface area (Å²) in [5, 5.41) is 4.05. The topological polar surface area (TPSA) is 88.3 Å². The zero-order valence-electron chi connectivity index (χ0n) is 17.7. The molecule has 160 valence electrons. The van der Waals surface area contributed by atoms with Crippen LogP contribution < -0.4 is 4.90 Å². The Labute approximate surface area is 181 Å². The molecule has 1 amide bonds. The van der Waals surface area contributed by atoms with Crippen LogP contribution in [0.1, 0.15) is 53.3 Å². The van der Waals surface area contributed by atoms with E-state index in [1.165, 1.54) is 12.8 Å². The summed E-state index contributed by atoms with van der Waals surface area (Å²) in [4.78, 5) is 30.9. The second kappa shape index (κ2) is 8.45. The third-order valence-electron chi connectivity index (χ3n) is 6.09. The first-order valence-corrected chi connectivity index (χ1v) is 10.9. The maximum atomic E-state index is 13.0. The number of carbonyl (C=O) groups is 1. The van der Waals surface area contributed by atoms with Crippen LogP contribution in [-0.2, 0) is 0 Å². The van der Waals surface area contributed by atoms with Gasteiger partial charge in [0.05, 0.1) is 22.5 Å². The Kier molecular flexibility index (Phi) is 5.36. The molecule has 2 saturated heterocycles. The first-order valence-electron chi connectivity index (χ1n) is 10.9. The number of pyridine rings is 1. The average Bonchev–Trinajstić information content (AvgIpc) is 3.51. The van der Waals surface area contributed by atoms with Crippen LogP contribution in [0.15, 0.2) is 41.3 Å². The molecule has 5 rings (SSSR count). The van der Waals surface area contributed by atoms with Crippen molar-refractivity contribution in [3.05, 3.63) is 53.7 Å². The molecule has 0 saturated carbocycles. The summed E-state index contributed by atoms with van der Waals surface area (Å²) < 4.78 is 5.56. The molecule has 2 aliphatic heterocycles. The van der Waals surface area contributed by atoms with Gasteiger partial charge in [0.15, 0.2) is 5.76 Å². The first-order chi connectivity index (χ1) is 15.2. The van der Waals surface area contributed by atoms with Crippen molar-refractivity contribution in [2.45, 2.75) is 38.5 Å². The van der Waals surface area contributed by atoms with Gasteiger partial charge in [-0.3, -0.25) is 9.78 Å². The van der Waals surface area contributed by atoms with Crippen molar-refractivity contribution < 1.29 is 9.32 Å². The van der Waals surface area contributed by atoms with Crippen molar-refractivity contribution in [1.29, 1.82) is 0 Å². The molecule has 8 nitrogen and oxygen atoms in total.